The smallest absolute Gasteiger partial charge is 0.295 e. The standard InChI is InChI=1S/C28H28N2O5/c1-3-16-35-22-10-8-20(9-11-22)26(31)24-25(21-6-5-7-23(17-21)34-4-2)30(28(33)27(24)32)18-19-12-14-29-15-13-19/h5-15,17,25,31H,3-4,16,18H2,1-2H3. The van der Waals surface area contributed by atoms with Gasteiger partial charge in [-0.25, -0.2) is 0 Å². The monoisotopic (exact) mass is 472 g/mol. The Morgan fingerprint density at radius 1 is 0.971 bits per heavy atom. The van der Waals surface area contributed by atoms with E-state index in [4.69, 9.17) is 9.47 Å². The third kappa shape index (κ3) is 5.19. The molecular formula is C28H28N2O5. The van der Waals surface area contributed by atoms with E-state index in [9.17, 15) is 14.7 Å². The van der Waals surface area contributed by atoms with E-state index in [1.807, 2.05) is 32.0 Å². The maximum atomic E-state index is 13.2. The molecule has 180 valence electrons. The Labute approximate surface area is 204 Å². The number of hydrogen-bond donors (Lipinski definition) is 1. The lowest BCUT2D eigenvalue weighted by molar-refractivity contribution is -0.140. The van der Waals surface area contributed by atoms with E-state index in [1.54, 1.807) is 54.9 Å². The molecule has 1 amide bonds. The van der Waals surface area contributed by atoms with Crippen LogP contribution in [0.3, 0.4) is 0 Å². The van der Waals surface area contributed by atoms with Crippen LogP contribution in [0.5, 0.6) is 11.5 Å². The number of ether oxygens (including phenoxy) is 2. The second-order valence-electron chi connectivity index (χ2n) is 8.16. The van der Waals surface area contributed by atoms with Crippen molar-refractivity contribution in [3.8, 4) is 11.5 Å². The van der Waals surface area contributed by atoms with E-state index in [0.29, 0.717) is 35.8 Å². The first kappa shape index (κ1) is 24.0. The van der Waals surface area contributed by atoms with E-state index in [0.717, 1.165) is 12.0 Å². The number of carbonyl (C=O) groups is 2. The van der Waals surface area contributed by atoms with Crippen molar-refractivity contribution in [2.45, 2.75) is 32.9 Å². The summed E-state index contributed by atoms with van der Waals surface area (Å²) < 4.78 is 11.3. The molecule has 2 aromatic carbocycles. The molecule has 3 aromatic rings. The second kappa shape index (κ2) is 10.9. The number of aliphatic hydroxyl groups is 1. The number of amides is 1. The fraction of sp³-hybridized carbons (Fsp3) is 0.250. The first-order chi connectivity index (χ1) is 17.0. The van der Waals surface area contributed by atoms with E-state index in [2.05, 4.69) is 4.98 Å². The van der Waals surface area contributed by atoms with E-state index in [-0.39, 0.29) is 17.9 Å². The molecule has 1 atom stereocenters. The Kier molecular flexibility index (Phi) is 7.45. The summed E-state index contributed by atoms with van der Waals surface area (Å²) >= 11 is 0. The van der Waals surface area contributed by atoms with Gasteiger partial charge in [0.2, 0.25) is 0 Å². The van der Waals surface area contributed by atoms with Crippen molar-refractivity contribution in [1.82, 2.24) is 9.88 Å². The van der Waals surface area contributed by atoms with Crippen molar-refractivity contribution in [2.24, 2.45) is 0 Å². The number of aliphatic hydroxyl groups excluding tert-OH is 1. The summed E-state index contributed by atoms with van der Waals surface area (Å²) in [6.45, 7) is 5.16. The number of aromatic nitrogens is 1. The molecule has 1 aromatic heterocycles. The number of rotatable bonds is 9. The summed E-state index contributed by atoms with van der Waals surface area (Å²) in [5.41, 5.74) is 1.97. The number of hydrogen-bond acceptors (Lipinski definition) is 6. The summed E-state index contributed by atoms with van der Waals surface area (Å²) in [5.74, 6) is -0.332. The largest absolute Gasteiger partial charge is 0.507 e. The normalized spacial score (nSPS) is 17.0. The molecule has 2 heterocycles. The molecule has 0 radical (unpaired) electrons. The van der Waals surface area contributed by atoms with Crippen molar-refractivity contribution in [3.63, 3.8) is 0 Å². The van der Waals surface area contributed by atoms with Crippen molar-refractivity contribution in [3.05, 3.63) is 95.3 Å². The lowest BCUT2D eigenvalue weighted by Crippen LogP contribution is -2.29. The van der Waals surface area contributed by atoms with Gasteiger partial charge in [-0.05, 0) is 73.0 Å². The maximum absolute atomic E-state index is 13.2. The van der Waals surface area contributed by atoms with Crippen LogP contribution in [-0.2, 0) is 16.1 Å². The minimum absolute atomic E-state index is 0.0416. The molecule has 7 heteroatoms. The number of likely N-dealkylation sites (tertiary alicyclic amines) is 1. The Bertz CT molecular complexity index is 1220. The second-order valence-corrected chi connectivity index (χ2v) is 8.16. The molecule has 35 heavy (non-hydrogen) atoms. The Hall–Kier alpha value is -4.13. The number of carbonyl (C=O) groups excluding carboxylic acids is 2. The van der Waals surface area contributed by atoms with Crippen LogP contribution in [0.25, 0.3) is 5.76 Å². The summed E-state index contributed by atoms with van der Waals surface area (Å²) in [4.78, 5) is 31.9. The lowest BCUT2D eigenvalue weighted by atomic mass is 9.95. The maximum Gasteiger partial charge on any atom is 0.295 e. The number of ketones is 1. The predicted octanol–water partition coefficient (Wildman–Crippen LogP) is 4.89. The van der Waals surface area contributed by atoms with Crippen LogP contribution in [0.2, 0.25) is 0 Å². The van der Waals surface area contributed by atoms with Crippen LogP contribution in [0.15, 0.2) is 78.6 Å². The van der Waals surface area contributed by atoms with Crippen molar-refractivity contribution in [1.29, 1.82) is 0 Å². The van der Waals surface area contributed by atoms with Crippen LogP contribution < -0.4 is 9.47 Å². The Morgan fingerprint density at radius 3 is 2.40 bits per heavy atom. The molecule has 7 nitrogen and oxygen atoms in total. The van der Waals surface area contributed by atoms with E-state index >= 15 is 0 Å². The molecule has 1 aliphatic heterocycles. The van der Waals surface area contributed by atoms with Crippen molar-refractivity contribution < 1.29 is 24.2 Å². The molecule has 1 unspecified atom stereocenters. The van der Waals surface area contributed by atoms with Crippen LogP contribution in [0, 0.1) is 0 Å². The fourth-order valence-electron chi connectivity index (χ4n) is 4.10. The Morgan fingerprint density at radius 2 is 1.71 bits per heavy atom. The van der Waals surface area contributed by atoms with Gasteiger partial charge in [-0.3, -0.25) is 14.6 Å². The average molecular weight is 473 g/mol. The number of benzene rings is 2. The summed E-state index contributed by atoms with van der Waals surface area (Å²) in [6.07, 6.45) is 4.15. The highest BCUT2D eigenvalue weighted by atomic mass is 16.5. The molecule has 0 spiro atoms. The SMILES string of the molecule is CCCOc1ccc(C(O)=C2C(=O)C(=O)N(Cc3ccncc3)C2c2cccc(OCC)c2)cc1. The van der Waals surface area contributed by atoms with Gasteiger partial charge < -0.3 is 19.5 Å². The van der Waals surface area contributed by atoms with Gasteiger partial charge in [0, 0.05) is 24.5 Å². The molecule has 1 fully saturated rings. The molecule has 1 saturated heterocycles. The molecule has 0 saturated carbocycles. The summed E-state index contributed by atoms with van der Waals surface area (Å²) in [6, 6.07) is 16.9. The van der Waals surface area contributed by atoms with Gasteiger partial charge in [0.15, 0.2) is 0 Å². The van der Waals surface area contributed by atoms with Gasteiger partial charge in [0.05, 0.1) is 24.8 Å². The van der Waals surface area contributed by atoms with Crippen molar-refractivity contribution in [2.75, 3.05) is 13.2 Å². The topological polar surface area (TPSA) is 89.0 Å². The molecule has 1 N–H and O–H groups in total. The molecular weight excluding hydrogens is 444 g/mol. The zero-order valence-electron chi connectivity index (χ0n) is 19.8. The molecule has 0 aliphatic carbocycles. The minimum atomic E-state index is -0.778. The van der Waals surface area contributed by atoms with Crippen LogP contribution >= 0.6 is 0 Å². The van der Waals surface area contributed by atoms with Gasteiger partial charge in [-0.2, -0.15) is 0 Å². The van der Waals surface area contributed by atoms with Crippen molar-refractivity contribution >= 4 is 17.4 Å². The quantitative estimate of drug-likeness (QED) is 0.271. The number of nitrogens with zero attached hydrogens (tertiary/aromatic N) is 2. The van der Waals surface area contributed by atoms with Crippen LogP contribution in [0.1, 0.15) is 43.0 Å². The first-order valence-electron chi connectivity index (χ1n) is 11.7. The zero-order valence-corrected chi connectivity index (χ0v) is 19.8. The fourth-order valence-corrected chi connectivity index (χ4v) is 4.10. The Balaban J connectivity index is 1.79. The van der Waals surface area contributed by atoms with E-state index < -0.39 is 17.7 Å². The van der Waals surface area contributed by atoms with Gasteiger partial charge in [-0.15, -0.1) is 0 Å². The highest BCUT2D eigenvalue weighted by Gasteiger charge is 2.46. The highest BCUT2D eigenvalue weighted by Crippen LogP contribution is 2.41. The van der Waals surface area contributed by atoms with Gasteiger partial charge in [0.25, 0.3) is 11.7 Å². The van der Waals surface area contributed by atoms with E-state index in [1.165, 1.54) is 4.90 Å². The summed E-state index contributed by atoms with van der Waals surface area (Å²) in [5, 5.41) is 11.3. The predicted molar refractivity (Wildman–Crippen MR) is 132 cm³/mol. The highest BCUT2D eigenvalue weighted by molar-refractivity contribution is 6.46. The molecule has 4 rings (SSSR count). The average Bonchev–Trinajstić information content (AvgIpc) is 3.13. The van der Waals surface area contributed by atoms with Crippen LogP contribution in [0.4, 0.5) is 0 Å². The first-order valence-corrected chi connectivity index (χ1v) is 11.7. The number of Topliss-reactive ketones (excluding diaryl/α,β-unsaturated/α-hetero) is 1. The van der Waals surface area contributed by atoms with Crippen LogP contribution in [-0.4, -0.2) is 39.9 Å². The lowest BCUT2D eigenvalue weighted by Gasteiger charge is -2.25. The zero-order chi connectivity index (χ0) is 24.8. The minimum Gasteiger partial charge on any atom is -0.507 e. The van der Waals surface area contributed by atoms with Gasteiger partial charge in [-0.1, -0.05) is 19.1 Å². The third-order valence-corrected chi connectivity index (χ3v) is 5.73. The molecule has 1 aliphatic rings. The van der Waals surface area contributed by atoms with Gasteiger partial charge >= 0.3 is 0 Å². The third-order valence-electron chi connectivity index (χ3n) is 5.73. The summed E-state index contributed by atoms with van der Waals surface area (Å²) in [7, 11) is 0. The van der Waals surface area contributed by atoms with Gasteiger partial charge in [0.1, 0.15) is 17.3 Å². The number of pyridine rings is 1. The molecule has 0 bridgehead atoms.